The van der Waals surface area contributed by atoms with Crippen LogP contribution < -0.4 is 10.6 Å². The molecule has 3 rings (SSSR count). The van der Waals surface area contributed by atoms with Crippen LogP contribution in [0.1, 0.15) is 18.1 Å². The number of carbonyl (C=O) groups excluding carboxylic acids is 1. The molecule has 0 saturated heterocycles. The van der Waals surface area contributed by atoms with E-state index in [9.17, 15) is 4.79 Å². The van der Waals surface area contributed by atoms with Gasteiger partial charge >= 0.3 is 0 Å². The van der Waals surface area contributed by atoms with E-state index in [0.717, 1.165) is 27.7 Å². The minimum absolute atomic E-state index is 0.0507. The normalized spacial score (nSPS) is 12.0. The summed E-state index contributed by atoms with van der Waals surface area (Å²) in [7, 11) is 0. The highest BCUT2D eigenvalue weighted by Gasteiger charge is 2.14. The number of aryl methyl sites for hydroxylation is 2. The van der Waals surface area contributed by atoms with Crippen LogP contribution in [0.5, 0.6) is 0 Å². The first-order valence-corrected chi connectivity index (χ1v) is 8.16. The van der Waals surface area contributed by atoms with Gasteiger partial charge in [0.05, 0.1) is 0 Å². The third kappa shape index (κ3) is 3.57. The van der Waals surface area contributed by atoms with Gasteiger partial charge in [-0.1, -0.05) is 48.0 Å². The van der Waals surface area contributed by atoms with Crippen molar-refractivity contribution in [2.24, 2.45) is 0 Å². The predicted molar refractivity (Wildman–Crippen MR) is 102 cm³/mol. The molecule has 0 aliphatic carbocycles. The van der Waals surface area contributed by atoms with Crippen LogP contribution in [0, 0.1) is 13.8 Å². The quantitative estimate of drug-likeness (QED) is 0.718. The molecule has 1 atom stereocenters. The Morgan fingerprint density at radius 3 is 2.42 bits per heavy atom. The Morgan fingerprint density at radius 2 is 1.67 bits per heavy atom. The third-order valence-electron chi connectivity index (χ3n) is 4.16. The molecule has 0 saturated carbocycles. The van der Waals surface area contributed by atoms with E-state index in [1.807, 2.05) is 62.4 Å². The summed E-state index contributed by atoms with van der Waals surface area (Å²) in [6, 6.07) is 19.9. The summed E-state index contributed by atoms with van der Waals surface area (Å²) >= 11 is 0. The smallest absolute Gasteiger partial charge is 0.246 e. The Balaban J connectivity index is 1.70. The van der Waals surface area contributed by atoms with Crippen molar-refractivity contribution in [3.05, 3.63) is 71.8 Å². The second-order valence-electron chi connectivity index (χ2n) is 6.24. The van der Waals surface area contributed by atoms with Gasteiger partial charge in [0.1, 0.15) is 6.04 Å². The van der Waals surface area contributed by atoms with E-state index in [0.29, 0.717) is 0 Å². The molecule has 3 aromatic carbocycles. The molecule has 1 amide bonds. The number of rotatable bonds is 4. The van der Waals surface area contributed by atoms with Crippen molar-refractivity contribution >= 4 is 28.1 Å². The maximum Gasteiger partial charge on any atom is 0.246 e. The van der Waals surface area contributed by atoms with E-state index >= 15 is 0 Å². The van der Waals surface area contributed by atoms with Crippen molar-refractivity contribution < 1.29 is 4.79 Å². The molecular formula is C21H22N2O. The first-order chi connectivity index (χ1) is 11.5. The highest BCUT2D eigenvalue weighted by molar-refractivity contribution is 5.98. The Morgan fingerprint density at radius 1 is 0.917 bits per heavy atom. The zero-order chi connectivity index (χ0) is 17.1. The first kappa shape index (κ1) is 16.1. The predicted octanol–water partition coefficient (Wildman–Crippen LogP) is 4.90. The van der Waals surface area contributed by atoms with Crippen molar-refractivity contribution in [1.29, 1.82) is 0 Å². The second kappa shape index (κ2) is 6.75. The molecule has 0 heterocycles. The SMILES string of the molecule is Cc1ccc(N[C@@H](C)C(=O)Nc2ccc3ccccc3c2)c(C)c1. The maximum absolute atomic E-state index is 12.5. The number of carbonyl (C=O) groups is 1. The summed E-state index contributed by atoms with van der Waals surface area (Å²) in [5, 5.41) is 8.55. The molecule has 0 spiro atoms. The fourth-order valence-electron chi connectivity index (χ4n) is 2.79. The van der Waals surface area contributed by atoms with Gasteiger partial charge in [-0.25, -0.2) is 0 Å². The number of benzene rings is 3. The van der Waals surface area contributed by atoms with Gasteiger partial charge in [0, 0.05) is 11.4 Å². The molecule has 0 aliphatic heterocycles. The number of hydrogen-bond donors (Lipinski definition) is 2. The summed E-state index contributed by atoms with van der Waals surface area (Å²) in [6.45, 7) is 5.98. The van der Waals surface area contributed by atoms with Crippen LogP contribution in [0.15, 0.2) is 60.7 Å². The highest BCUT2D eigenvalue weighted by atomic mass is 16.2. The fraction of sp³-hybridized carbons (Fsp3) is 0.190. The van der Waals surface area contributed by atoms with Crippen molar-refractivity contribution in [3.63, 3.8) is 0 Å². The zero-order valence-corrected chi connectivity index (χ0v) is 14.3. The van der Waals surface area contributed by atoms with Crippen LogP contribution in [0.3, 0.4) is 0 Å². The van der Waals surface area contributed by atoms with Crippen LogP contribution in [-0.2, 0) is 4.79 Å². The minimum atomic E-state index is -0.321. The van der Waals surface area contributed by atoms with Crippen LogP contribution in [0.4, 0.5) is 11.4 Å². The van der Waals surface area contributed by atoms with Crippen LogP contribution in [0.25, 0.3) is 10.8 Å². The molecule has 3 heteroatoms. The molecule has 0 fully saturated rings. The summed E-state index contributed by atoms with van der Waals surface area (Å²) < 4.78 is 0. The minimum Gasteiger partial charge on any atom is -0.374 e. The summed E-state index contributed by atoms with van der Waals surface area (Å²) in [4.78, 5) is 12.5. The lowest BCUT2D eigenvalue weighted by molar-refractivity contribution is -0.116. The van der Waals surface area contributed by atoms with Gasteiger partial charge in [-0.3, -0.25) is 4.79 Å². The number of nitrogens with one attached hydrogen (secondary N) is 2. The molecule has 0 bridgehead atoms. The lowest BCUT2D eigenvalue weighted by Gasteiger charge is -2.17. The molecular weight excluding hydrogens is 296 g/mol. The summed E-state index contributed by atoms with van der Waals surface area (Å²) in [6.07, 6.45) is 0. The Labute approximate surface area is 142 Å². The van der Waals surface area contributed by atoms with E-state index in [-0.39, 0.29) is 11.9 Å². The monoisotopic (exact) mass is 318 g/mol. The van der Waals surface area contributed by atoms with Gasteiger partial charge < -0.3 is 10.6 Å². The van der Waals surface area contributed by atoms with E-state index in [2.05, 4.69) is 29.7 Å². The number of hydrogen-bond acceptors (Lipinski definition) is 2. The first-order valence-electron chi connectivity index (χ1n) is 8.16. The molecule has 0 aliphatic rings. The van der Waals surface area contributed by atoms with Gasteiger partial charge in [-0.2, -0.15) is 0 Å². The standard InChI is InChI=1S/C21H22N2O/c1-14-8-11-20(15(2)12-14)22-16(3)21(24)23-19-10-9-17-6-4-5-7-18(17)13-19/h4-13,16,22H,1-3H3,(H,23,24)/t16-/m0/s1. The van der Waals surface area contributed by atoms with Gasteiger partial charge in [-0.15, -0.1) is 0 Å². The number of anilines is 2. The molecule has 3 aromatic rings. The summed E-state index contributed by atoms with van der Waals surface area (Å²) in [5.41, 5.74) is 4.15. The van der Waals surface area contributed by atoms with Crippen LogP contribution in [-0.4, -0.2) is 11.9 Å². The number of amides is 1. The van der Waals surface area contributed by atoms with Crippen LogP contribution in [0.2, 0.25) is 0 Å². The van der Waals surface area contributed by atoms with Crippen molar-refractivity contribution in [2.45, 2.75) is 26.8 Å². The number of fused-ring (bicyclic) bond motifs is 1. The Hall–Kier alpha value is -2.81. The van der Waals surface area contributed by atoms with Gasteiger partial charge in [0.15, 0.2) is 0 Å². The molecule has 2 N–H and O–H groups in total. The van der Waals surface area contributed by atoms with Gasteiger partial charge in [0.2, 0.25) is 5.91 Å². The zero-order valence-electron chi connectivity index (χ0n) is 14.3. The lowest BCUT2D eigenvalue weighted by atomic mass is 10.1. The van der Waals surface area contributed by atoms with Gasteiger partial charge in [-0.05, 0) is 55.3 Å². The average Bonchev–Trinajstić information content (AvgIpc) is 2.57. The second-order valence-corrected chi connectivity index (χ2v) is 6.24. The molecule has 24 heavy (non-hydrogen) atoms. The van der Waals surface area contributed by atoms with Crippen molar-refractivity contribution in [1.82, 2.24) is 0 Å². The van der Waals surface area contributed by atoms with Crippen molar-refractivity contribution in [2.75, 3.05) is 10.6 Å². The molecule has 0 radical (unpaired) electrons. The van der Waals surface area contributed by atoms with E-state index in [4.69, 9.17) is 0 Å². The summed E-state index contributed by atoms with van der Waals surface area (Å²) in [5.74, 6) is -0.0507. The highest BCUT2D eigenvalue weighted by Crippen LogP contribution is 2.20. The molecule has 0 unspecified atom stereocenters. The molecule has 3 nitrogen and oxygen atoms in total. The van der Waals surface area contributed by atoms with Crippen LogP contribution >= 0.6 is 0 Å². The molecule has 122 valence electrons. The fourth-order valence-corrected chi connectivity index (χ4v) is 2.79. The molecule has 0 aromatic heterocycles. The van der Waals surface area contributed by atoms with Crippen molar-refractivity contribution in [3.8, 4) is 0 Å². The maximum atomic E-state index is 12.5. The van der Waals surface area contributed by atoms with E-state index < -0.39 is 0 Å². The largest absolute Gasteiger partial charge is 0.374 e. The average molecular weight is 318 g/mol. The Bertz CT molecular complexity index is 886. The van der Waals surface area contributed by atoms with E-state index in [1.54, 1.807) is 0 Å². The third-order valence-corrected chi connectivity index (χ3v) is 4.16. The lowest BCUT2D eigenvalue weighted by Crippen LogP contribution is -2.32. The Kier molecular flexibility index (Phi) is 4.52. The van der Waals surface area contributed by atoms with E-state index in [1.165, 1.54) is 5.56 Å². The topological polar surface area (TPSA) is 41.1 Å². The van der Waals surface area contributed by atoms with Gasteiger partial charge in [0.25, 0.3) is 0 Å².